The molecule has 3 aromatic carbocycles. The Labute approximate surface area is 195 Å². The predicted molar refractivity (Wildman–Crippen MR) is 126 cm³/mol. The number of methoxy groups -OCH3 is 3. The molecule has 0 aromatic heterocycles. The summed E-state index contributed by atoms with van der Waals surface area (Å²) in [6.45, 7) is 0. The molecule has 6 nitrogen and oxygen atoms in total. The van der Waals surface area contributed by atoms with Crippen LogP contribution in [0.4, 0.5) is 0 Å². The fourth-order valence-corrected chi connectivity index (χ4v) is 4.64. The molecule has 7 heteroatoms. The normalized spacial score (nSPS) is 18.9. The van der Waals surface area contributed by atoms with E-state index in [0.717, 1.165) is 44.8 Å². The first-order chi connectivity index (χ1) is 15.6. The minimum absolute atomic E-state index is 0.0514. The molecule has 0 bridgehead atoms. The average molecular weight is 495 g/mol. The van der Waals surface area contributed by atoms with E-state index in [-0.39, 0.29) is 6.04 Å². The summed E-state index contributed by atoms with van der Waals surface area (Å²) in [6, 6.07) is 20.0. The Kier molecular flexibility index (Phi) is 5.43. The number of ether oxygens (including phenoxy) is 4. The number of hydrogen-bond donors (Lipinski definition) is 0. The number of hydrogen-bond acceptors (Lipinski definition) is 6. The molecule has 2 aliphatic heterocycles. The topological polar surface area (TPSA) is 52.5 Å². The monoisotopic (exact) mass is 494 g/mol. The third-order valence-corrected chi connectivity index (χ3v) is 6.34. The van der Waals surface area contributed by atoms with Gasteiger partial charge in [0.1, 0.15) is 11.5 Å². The molecule has 2 aliphatic rings. The van der Waals surface area contributed by atoms with Crippen LogP contribution in [0.25, 0.3) is 0 Å². The Hall–Kier alpha value is -3.19. The lowest BCUT2D eigenvalue weighted by Gasteiger charge is -2.38. The predicted octanol–water partition coefficient (Wildman–Crippen LogP) is 5.72. The van der Waals surface area contributed by atoms with Crippen LogP contribution in [-0.2, 0) is 0 Å². The number of benzene rings is 3. The van der Waals surface area contributed by atoms with E-state index in [9.17, 15) is 0 Å². The molecule has 0 aliphatic carbocycles. The van der Waals surface area contributed by atoms with Gasteiger partial charge < -0.3 is 18.9 Å². The van der Waals surface area contributed by atoms with Crippen molar-refractivity contribution in [2.45, 2.75) is 18.7 Å². The number of hydrazone groups is 1. The summed E-state index contributed by atoms with van der Waals surface area (Å²) in [6.07, 6.45) is 0.376. The molecular formula is C25H23BrN2O4. The Balaban J connectivity index is 1.60. The molecule has 2 heterocycles. The average Bonchev–Trinajstić information content (AvgIpc) is 3.29. The van der Waals surface area contributed by atoms with E-state index in [1.54, 1.807) is 21.3 Å². The lowest BCUT2D eigenvalue weighted by molar-refractivity contribution is -0.0192. The van der Waals surface area contributed by atoms with Gasteiger partial charge in [0.05, 0.1) is 33.1 Å². The smallest absolute Gasteiger partial charge is 0.214 e. The maximum absolute atomic E-state index is 6.47. The zero-order chi connectivity index (χ0) is 22.2. The molecule has 0 fully saturated rings. The van der Waals surface area contributed by atoms with Crippen LogP contribution in [0.5, 0.6) is 23.0 Å². The lowest BCUT2D eigenvalue weighted by atomic mass is 9.96. The van der Waals surface area contributed by atoms with Gasteiger partial charge in [-0.3, -0.25) is 0 Å². The molecule has 0 saturated carbocycles. The minimum Gasteiger partial charge on any atom is -0.497 e. The van der Waals surface area contributed by atoms with E-state index in [0.29, 0.717) is 11.5 Å². The standard InChI is InChI=1S/C25H23BrN2O4/c1-29-18-6-4-5-15(11-18)20-14-21-19-13-17(26)8-10-22(19)32-25(28(21)27-20)16-7-9-23(30-2)24(12-16)31-3/h4-13,21,25H,14H2,1-3H3/t21-,25+/m0/s1. The SMILES string of the molecule is COc1cccc(C2=NN3[C@@H](c4ccc(OC)c(OC)c4)Oc4ccc(Br)cc4[C@@H]3C2)c1. The van der Waals surface area contributed by atoms with Crippen molar-refractivity contribution in [3.05, 3.63) is 81.8 Å². The van der Waals surface area contributed by atoms with Gasteiger partial charge in [0.25, 0.3) is 0 Å². The highest BCUT2D eigenvalue weighted by Gasteiger charge is 2.41. The summed E-state index contributed by atoms with van der Waals surface area (Å²) in [4.78, 5) is 0. The summed E-state index contributed by atoms with van der Waals surface area (Å²) in [5.41, 5.74) is 4.09. The van der Waals surface area contributed by atoms with Crippen molar-refractivity contribution < 1.29 is 18.9 Å². The van der Waals surface area contributed by atoms with Crippen LogP contribution in [0, 0.1) is 0 Å². The van der Waals surface area contributed by atoms with Gasteiger partial charge in [0.15, 0.2) is 11.5 Å². The van der Waals surface area contributed by atoms with E-state index in [2.05, 4.69) is 28.1 Å². The molecule has 32 heavy (non-hydrogen) atoms. The van der Waals surface area contributed by atoms with Crippen LogP contribution in [0.3, 0.4) is 0 Å². The second kappa shape index (κ2) is 8.39. The second-order valence-electron chi connectivity index (χ2n) is 7.65. The van der Waals surface area contributed by atoms with Crippen LogP contribution in [0.1, 0.15) is 35.4 Å². The molecule has 2 atom stereocenters. The maximum atomic E-state index is 6.47. The molecule has 5 rings (SSSR count). The molecule has 0 radical (unpaired) electrons. The molecule has 0 unspecified atom stereocenters. The van der Waals surface area contributed by atoms with E-state index >= 15 is 0 Å². The van der Waals surface area contributed by atoms with Crippen molar-refractivity contribution >= 4 is 21.6 Å². The van der Waals surface area contributed by atoms with Crippen LogP contribution in [0.15, 0.2) is 70.2 Å². The van der Waals surface area contributed by atoms with Crippen molar-refractivity contribution in [2.75, 3.05) is 21.3 Å². The van der Waals surface area contributed by atoms with Gasteiger partial charge in [-0.1, -0.05) is 28.1 Å². The van der Waals surface area contributed by atoms with E-state index in [4.69, 9.17) is 24.0 Å². The van der Waals surface area contributed by atoms with Gasteiger partial charge in [-0.25, -0.2) is 5.01 Å². The summed E-state index contributed by atoms with van der Waals surface area (Å²) in [5.74, 6) is 3.00. The second-order valence-corrected chi connectivity index (χ2v) is 8.56. The van der Waals surface area contributed by atoms with Gasteiger partial charge in [0.2, 0.25) is 6.23 Å². The highest BCUT2D eigenvalue weighted by Crippen LogP contribution is 2.49. The number of fused-ring (bicyclic) bond motifs is 3. The summed E-state index contributed by atoms with van der Waals surface area (Å²) in [7, 11) is 4.94. The number of nitrogens with zero attached hydrogens (tertiary/aromatic N) is 2. The fraction of sp³-hybridized carbons (Fsp3) is 0.240. The van der Waals surface area contributed by atoms with Crippen molar-refractivity contribution in [1.29, 1.82) is 0 Å². The van der Waals surface area contributed by atoms with Crippen molar-refractivity contribution in [2.24, 2.45) is 5.10 Å². The zero-order valence-electron chi connectivity index (χ0n) is 18.0. The fourth-order valence-electron chi connectivity index (χ4n) is 4.26. The largest absolute Gasteiger partial charge is 0.497 e. The van der Waals surface area contributed by atoms with Crippen molar-refractivity contribution in [1.82, 2.24) is 5.01 Å². The van der Waals surface area contributed by atoms with Crippen molar-refractivity contribution in [3.63, 3.8) is 0 Å². The highest BCUT2D eigenvalue weighted by molar-refractivity contribution is 9.10. The molecule has 0 saturated heterocycles. The molecular weight excluding hydrogens is 472 g/mol. The summed E-state index contributed by atoms with van der Waals surface area (Å²) < 4.78 is 23.8. The Morgan fingerprint density at radius 2 is 1.78 bits per heavy atom. The third kappa shape index (κ3) is 3.56. The van der Waals surface area contributed by atoms with Gasteiger partial charge in [-0.05, 0) is 48.5 Å². The van der Waals surface area contributed by atoms with Crippen LogP contribution in [-0.4, -0.2) is 32.0 Å². The Bertz CT molecular complexity index is 1200. The zero-order valence-corrected chi connectivity index (χ0v) is 19.6. The van der Waals surface area contributed by atoms with Gasteiger partial charge >= 0.3 is 0 Å². The summed E-state index contributed by atoms with van der Waals surface area (Å²) in [5, 5.41) is 7.07. The Morgan fingerprint density at radius 3 is 2.56 bits per heavy atom. The van der Waals surface area contributed by atoms with E-state index in [1.807, 2.05) is 53.5 Å². The number of halogens is 1. The van der Waals surface area contributed by atoms with E-state index < -0.39 is 6.23 Å². The first-order valence-corrected chi connectivity index (χ1v) is 11.1. The first-order valence-electron chi connectivity index (χ1n) is 10.3. The maximum Gasteiger partial charge on any atom is 0.214 e. The van der Waals surface area contributed by atoms with Crippen molar-refractivity contribution in [3.8, 4) is 23.0 Å². The van der Waals surface area contributed by atoms with Crippen LogP contribution >= 0.6 is 15.9 Å². The molecule has 3 aromatic rings. The highest BCUT2D eigenvalue weighted by atomic mass is 79.9. The van der Waals surface area contributed by atoms with Gasteiger partial charge in [-0.15, -0.1) is 0 Å². The van der Waals surface area contributed by atoms with Gasteiger partial charge in [-0.2, -0.15) is 5.10 Å². The molecule has 0 N–H and O–H groups in total. The van der Waals surface area contributed by atoms with Crippen LogP contribution < -0.4 is 18.9 Å². The molecule has 164 valence electrons. The molecule has 0 spiro atoms. The third-order valence-electron chi connectivity index (χ3n) is 5.85. The first kappa shape index (κ1) is 20.7. The van der Waals surface area contributed by atoms with E-state index in [1.165, 1.54) is 0 Å². The van der Waals surface area contributed by atoms with Gasteiger partial charge in [0, 0.05) is 27.6 Å². The molecule has 0 amide bonds. The van der Waals surface area contributed by atoms with Crippen LogP contribution in [0.2, 0.25) is 0 Å². The minimum atomic E-state index is -0.392. The quantitative estimate of drug-likeness (QED) is 0.454. The lowest BCUT2D eigenvalue weighted by Crippen LogP contribution is -2.33. The summed E-state index contributed by atoms with van der Waals surface area (Å²) >= 11 is 3.60. The number of rotatable bonds is 5. The Morgan fingerprint density at radius 1 is 0.938 bits per heavy atom.